The van der Waals surface area contributed by atoms with Gasteiger partial charge in [0, 0.05) is 58.4 Å². The third kappa shape index (κ3) is 5.50. The lowest BCUT2D eigenvalue weighted by Crippen LogP contribution is -2.50. The summed E-state index contributed by atoms with van der Waals surface area (Å²) in [4.78, 5) is 31.9. The van der Waals surface area contributed by atoms with Crippen molar-refractivity contribution in [1.82, 2.24) is 19.6 Å². The fraction of sp³-hybridized carbons (Fsp3) is 0.636. The van der Waals surface area contributed by atoms with E-state index in [9.17, 15) is 9.59 Å². The van der Waals surface area contributed by atoms with Crippen LogP contribution >= 0.6 is 0 Å². The van der Waals surface area contributed by atoms with Gasteiger partial charge in [-0.1, -0.05) is 30.3 Å². The first-order valence-corrected chi connectivity index (χ1v) is 11.0. The number of ether oxygens (including phenoxy) is 1. The Labute approximate surface area is 178 Å². The van der Waals surface area contributed by atoms with Gasteiger partial charge in [0.1, 0.15) is 6.10 Å². The summed E-state index contributed by atoms with van der Waals surface area (Å²) in [6.07, 6.45) is 1.71. The van der Waals surface area contributed by atoms with Gasteiger partial charge in [0.05, 0.1) is 13.1 Å². The van der Waals surface area contributed by atoms with Crippen molar-refractivity contribution in [2.75, 3.05) is 58.9 Å². The van der Waals surface area contributed by atoms with Gasteiger partial charge >= 0.3 is 12.1 Å². The van der Waals surface area contributed by atoms with Gasteiger partial charge < -0.3 is 14.7 Å². The number of carboxylic acid groups (broad SMARTS) is 1. The lowest BCUT2D eigenvalue weighted by molar-refractivity contribution is -0.138. The Hall–Kier alpha value is -2.16. The van der Waals surface area contributed by atoms with Crippen molar-refractivity contribution in [2.45, 2.75) is 31.5 Å². The van der Waals surface area contributed by atoms with Crippen LogP contribution in [0, 0.1) is 0 Å². The Kier molecular flexibility index (Phi) is 6.86. The number of hydrogen-bond donors (Lipinski definition) is 1. The molecule has 8 nitrogen and oxygen atoms in total. The van der Waals surface area contributed by atoms with E-state index in [4.69, 9.17) is 9.84 Å². The van der Waals surface area contributed by atoms with Crippen LogP contribution in [0.15, 0.2) is 30.3 Å². The largest absolute Gasteiger partial charge is 0.480 e. The molecule has 0 radical (unpaired) electrons. The third-order valence-corrected chi connectivity index (χ3v) is 6.43. The molecular weight excluding hydrogens is 384 g/mol. The molecule has 0 spiro atoms. The molecule has 3 fully saturated rings. The summed E-state index contributed by atoms with van der Waals surface area (Å²) < 4.78 is 5.67. The number of aliphatic carboxylic acids is 1. The first-order chi connectivity index (χ1) is 14.6. The SMILES string of the molecule is O=C(O)CN1CCN(CC2CN(C3CCN(Cc4ccccc4)CC3)C(=O)O2)CC1. The fourth-order valence-electron chi connectivity index (χ4n) is 4.77. The van der Waals surface area contributed by atoms with Gasteiger partial charge in [0.2, 0.25) is 0 Å². The normalized spacial score (nSPS) is 24.9. The molecule has 0 saturated carbocycles. The van der Waals surface area contributed by atoms with Crippen LogP contribution in [0.5, 0.6) is 0 Å². The van der Waals surface area contributed by atoms with Crippen molar-refractivity contribution >= 4 is 12.1 Å². The topological polar surface area (TPSA) is 76.6 Å². The number of piperidine rings is 1. The summed E-state index contributed by atoms with van der Waals surface area (Å²) in [5.74, 6) is -0.779. The van der Waals surface area contributed by atoms with Crippen molar-refractivity contribution < 1.29 is 19.4 Å². The number of carbonyl (C=O) groups excluding carboxylic acids is 1. The van der Waals surface area contributed by atoms with Crippen LogP contribution in [0.1, 0.15) is 18.4 Å². The summed E-state index contributed by atoms with van der Waals surface area (Å²) in [5, 5.41) is 8.91. The molecule has 1 N–H and O–H groups in total. The highest BCUT2D eigenvalue weighted by Crippen LogP contribution is 2.24. The number of piperazine rings is 1. The summed E-state index contributed by atoms with van der Waals surface area (Å²) in [7, 11) is 0. The maximum Gasteiger partial charge on any atom is 0.410 e. The van der Waals surface area contributed by atoms with Gasteiger partial charge in [-0.05, 0) is 18.4 Å². The highest BCUT2D eigenvalue weighted by Gasteiger charge is 2.38. The highest BCUT2D eigenvalue weighted by molar-refractivity contribution is 5.70. The summed E-state index contributed by atoms with van der Waals surface area (Å²) in [6, 6.07) is 10.8. The summed E-state index contributed by atoms with van der Waals surface area (Å²) in [6.45, 7) is 7.59. The number of carbonyl (C=O) groups is 2. The molecule has 3 aliphatic rings. The molecule has 3 saturated heterocycles. The summed E-state index contributed by atoms with van der Waals surface area (Å²) >= 11 is 0. The Bertz CT molecular complexity index is 715. The predicted octanol–water partition coefficient (Wildman–Crippen LogP) is 1.17. The Morgan fingerprint density at radius 3 is 2.30 bits per heavy atom. The quantitative estimate of drug-likeness (QED) is 0.715. The molecule has 1 amide bonds. The van der Waals surface area contributed by atoms with Gasteiger partial charge in [-0.15, -0.1) is 0 Å². The summed E-state index contributed by atoms with van der Waals surface area (Å²) in [5.41, 5.74) is 1.33. The van der Waals surface area contributed by atoms with E-state index in [-0.39, 0.29) is 24.8 Å². The van der Waals surface area contributed by atoms with Crippen LogP contribution < -0.4 is 0 Å². The van der Waals surface area contributed by atoms with Crippen LogP contribution in [-0.2, 0) is 16.1 Å². The number of benzene rings is 1. The van der Waals surface area contributed by atoms with E-state index < -0.39 is 5.97 Å². The van der Waals surface area contributed by atoms with Crippen molar-refractivity contribution in [3.05, 3.63) is 35.9 Å². The molecule has 1 aromatic rings. The number of amides is 1. The average molecular weight is 417 g/mol. The molecule has 3 aliphatic heterocycles. The molecule has 30 heavy (non-hydrogen) atoms. The third-order valence-electron chi connectivity index (χ3n) is 6.43. The molecule has 0 aromatic heterocycles. The van der Waals surface area contributed by atoms with Crippen molar-refractivity contribution in [3.63, 3.8) is 0 Å². The van der Waals surface area contributed by atoms with Crippen molar-refractivity contribution in [1.29, 1.82) is 0 Å². The molecule has 1 atom stereocenters. The molecule has 0 aliphatic carbocycles. The average Bonchev–Trinajstić information content (AvgIpc) is 3.10. The van der Waals surface area contributed by atoms with E-state index in [1.54, 1.807) is 0 Å². The van der Waals surface area contributed by atoms with Gasteiger partial charge in [-0.3, -0.25) is 19.5 Å². The molecular formula is C22H32N4O4. The van der Waals surface area contributed by atoms with Crippen molar-refractivity contribution in [2.24, 2.45) is 0 Å². The number of cyclic esters (lactones) is 1. The predicted molar refractivity (Wildman–Crippen MR) is 112 cm³/mol. The van der Waals surface area contributed by atoms with Gasteiger partial charge in [-0.25, -0.2) is 4.79 Å². The molecule has 8 heteroatoms. The van der Waals surface area contributed by atoms with E-state index in [0.29, 0.717) is 6.54 Å². The second-order valence-corrected chi connectivity index (χ2v) is 8.62. The van der Waals surface area contributed by atoms with Crippen LogP contribution in [-0.4, -0.2) is 108 Å². The monoisotopic (exact) mass is 416 g/mol. The second-order valence-electron chi connectivity index (χ2n) is 8.62. The maximum absolute atomic E-state index is 12.5. The molecule has 1 unspecified atom stereocenters. The van der Waals surface area contributed by atoms with E-state index in [2.05, 4.69) is 34.1 Å². The number of nitrogens with zero attached hydrogens (tertiary/aromatic N) is 4. The zero-order chi connectivity index (χ0) is 20.9. The Morgan fingerprint density at radius 2 is 1.63 bits per heavy atom. The van der Waals surface area contributed by atoms with Crippen LogP contribution in [0.3, 0.4) is 0 Å². The second kappa shape index (κ2) is 9.76. The lowest BCUT2D eigenvalue weighted by atomic mass is 10.0. The fourth-order valence-corrected chi connectivity index (χ4v) is 4.77. The van der Waals surface area contributed by atoms with Crippen molar-refractivity contribution in [3.8, 4) is 0 Å². The molecule has 3 heterocycles. The highest BCUT2D eigenvalue weighted by atomic mass is 16.6. The smallest absolute Gasteiger partial charge is 0.410 e. The zero-order valence-corrected chi connectivity index (χ0v) is 17.5. The first-order valence-electron chi connectivity index (χ1n) is 11.0. The van der Waals surface area contributed by atoms with E-state index in [0.717, 1.165) is 65.2 Å². The van der Waals surface area contributed by atoms with Crippen LogP contribution in [0.4, 0.5) is 4.79 Å². The lowest BCUT2D eigenvalue weighted by Gasteiger charge is -2.36. The van der Waals surface area contributed by atoms with Gasteiger partial charge in [-0.2, -0.15) is 0 Å². The van der Waals surface area contributed by atoms with E-state index >= 15 is 0 Å². The van der Waals surface area contributed by atoms with E-state index in [1.165, 1.54) is 5.56 Å². The van der Waals surface area contributed by atoms with Gasteiger partial charge in [0.25, 0.3) is 0 Å². The van der Waals surface area contributed by atoms with Crippen LogP contribution in [0.2, 0.25) is 0 Å². The molecule has 1 aromatic carbocycles. The number of hydrogen-bond acceptors (Lipinski definition) is 6. The maximum atomic E-state index is 12.5. The standard InChI is InChI=1S/C22H32N4O4/c27-21(28)17-25-12-10-24(11-13-25)15-20-16-26(22(29)30-20)19-6-8-23(9-7-19)14-18-4-2-1-3-5-18/h1-5,19-20H,6-17H2,(H,27,28). The minimum absolute atomic E-state index is 0.0918. The minimum atomic E-state index is -0.779. The minimum Gasteiger partial charge on any atom is -0.480 e. The Balaban J connectivity index is 1.19. The zero-order valence-electron chi connectivity index (χ0n) is 17.5. The Morgan fingerprint density at radius 1 is 0.967 bits per heavy atom. The molecule has 4 rings (SSSR count). The van der Waals surface area contributed by atoms with Gasteiger partial charge in [0.15, 0.2) is 0 Å². The first kappa shape index (κ1) is 21.1. The number of rotatable bonds is 7. The number of carboxylic acids is 1. The van der Waals surface area contributed by atoms with E-state index in [1.807, 2.05) is 15.9 Å². The number of likely N-dealkylation sites (tertiary alicyclic amines) is 1. The molecule has 164 valence electrons. The van der Waals surface area contributed by atoms with Crippen LogP contribution in [0.25, 0.3) is 0 Å². The molecule has 0 bridgehead atoms.